The van der Waals surface area contributed by atoms with E-state index in [1.807, 2.05) is 24.3 Å². The van der Waals surface area contributed by atoms with Crippen LogP contribution < -0.4 is 10.6 Å². The van der Waals surface area contributed by atoms with Gasteiger partial charge in [-0.05, 0) is 37.1 Å². The first kappa shape index (κ1) is 21.0. The maximum absolute atomic E-state index is 5.90. The molecule has 1 aliphatic carbocycles. The summed E-state index contributed by atoms with van der Waals surface area (Å²) in [5.74, 6) is 2.02. The van der Waals surface area contributed by atoms with Gasteiger partial charge >= 0.3 is 0 Å². The maximum atomic E-state index is 5.90. The molecule has 0 bridgehead atoms. The highest BCUT2D eigenvalue weighted by molar-refractivity contribution is 14.0. The Balaban J connectivity index is 0.00000243. The second-order valence-electron chi connectivity index (χ2n) is 6.25. The predicted octanol–water partition coefficient (Wildman–Crippen LogP) is 4.05. The summed E-state index contributed by atoms with van der Waals surface area (Å²) in [6.07, 6.45) is 7.02. The van der Waals surface area contributed by atoms with Gasteiger partial charge in [0.1, 0.15) is 0 Å². The third-order valence-corrected chi connectivity index (χ3v) is 4.62. The average Bonchev–Trinajstić information content (AvgIpc) is 3.11. The Morgan fingerprint density at radius 1 is 1.23 bits per heavy atom. The zero-order valence-electron chi connectivity index (χ0n) is 14.9. The first-order chi connectivity index (χ1) is 12.2. The standard InChI is InChI=1S/C18H24ClN5O.HI/c1-20-18(22-15-5-3-2-4-6-15)21-12-11-16-23-17(24-25-16)13-7-9-14(19)10-8-13;/h7-10,15H,2-6,11-12H2,1H3,(H2,20,21,22);1H. The molecular formula is C18H25ClIN5O. The van der Waals surface area contributed by atoms with Crippen molar-refractivity contribution in [3.63, 3.8) is 0 Å². The van der Waals surface area contributed by atoms with Crippen LogP contribution in [0, 0.1) is 0 Å². The van der Waals surface area contributed by atoms with Gasteiger partial charge in [-0.1, -0.05) is 36.0 Å². The van der Waals surface area contributed by atoms with Crippen LogP contribution in [0.5, 0.6) is 0 Å². The van der Waals surface area contributed by atoms with Crippen molar-refractivity contribution in [3.05, 3.63) is 35.2 Å². The van der Waals surface area contributed by atoms with Gasteiger partial charge in [-0.3, -0.25) is 4.99 Å². The molecule has 1 saturated carbocycles. The predicted molar refractivity (Wildman–Crippen MR) is 115 cm³/mol. The lowest BCUT2D eigenvalue weighted by molar-refractivity contribution is 0.378. The smallest absolute Gasteiger partial charge is 0.228 e. The van der Waals surface area contributed by atoms with Crippen molar-refractivity contribution in [2.24, 2.45) is 4.99 Å². The molecule has 3 rings (SSSR count). The highest BCUT2D eigenvalue weighted by Gasteiger charge is 2.14. The van der Waals surface area contributed by atoms with Gasteiger partial charge in [0, 0.05) is 36.6 Å². The molecule has 1 aliphatic rings. The van der Waals surface area contributed by atoms with Gasteiger partial charge < -0.3 is 15.2 Å². The molecule has 0 spiro atoms. The number of nitrogens with one attached hydrogen (secondary N) is 2. The molecule has 8 heteroatoms. The van der Waals surface area contributed by atoms with Crippen LogP contribution in [0.15, 0.2) is 33.8 Å². The molecule has 1 aromatic carbocycles. The molecule has 2 N–H and O–H groups in total. The molecule has 0 unspecified atom stereocenters. The zero-order chi connectivity index (χ0) is 17.5. The van der Waals surface area contributed by atoms with Crippen LogP contribution in [-0.4, -0.2) is 35.7 Å². The maximum Gasteiger partial charge on any atom is 0.228 e. The first-order valence-electron chi connectivity index (χ1n) is 8.80. The van der Waals surface area contributed by atoms with Gasteiger partial charge in [0.05, 0.1) is 0 Å². The molecular weight excluding hydrogens is 465 g/mol. The SMILES string of the molecule is CN=C(NCCc1nc(-c2ccc(Cl)cc2)no1)NC1CCCCC1.I. The van der Waals surface area contributed by atoms with Gasteiger partial charge in [-0.2, -0.15) is 4.98 Å². The molecule has 2 aromatic rings. The molecule has 1 aromatic heterocycles. The van der Waals surface area contributed by atoms with Crippen LogP contribution in [0.1, 0.15) is 38.0 Å². The highest BCUT2D eigenvalue weighted by Crippen LogP contribution is 2.19. The van der Waals surface area contributed by atoms with Crippen molar-refractivity contribution in [1.29, 1.82) is 0 Å². The van der Waals surface area contributed by atoms with E-state index in [0.717, 1.165) is 11.5 Å². The first-order valence-corrected chi connectivity index (χ1v) is 9.18. The number of aromatic nitrogens is 2. The highest BCUT2D eigenvalue weighted by atomic mass is 127. The van der Waals surface area contributed by atoms with Gasteiger partial charge in [0.2, 0.25) is 11.7 Å². The van der Waals surface area contributed by atoms with E-state index >= 15 is 0 Å². The molecule has 0 saturated heterocycles. The summed E-state index contributed by atoms with van der Waals surface area (Å²) in [4.78, 5) is 8.72. The van der Waals surface area contributed by atoms with Crippen LogP contribution in [0.4, 0.5) is 0 Å². The van der Waals surface area contributed by atoms with Crippen molar-refractivity contribution in [2.75, 3.05) is 13.6 Å². The van der Waals surface area contributed by atoms with E-state index in [1.165, 1.54) is 32.1 Å². The third kappa shape index (κ3) is 6.12. The summed E-state index contributed by atoms with van der Waals surface area (Å²) in [6.45, 7) is 0.689. The summed E-state index contributed by atoms with van der Waals surface area (Å²) < 4.78 is 5.32. The number of hydrogen-bond donors (Lipinski definition) is 2. The number of benzene rings is 1. The minimum Gasteiger partial charge on any atom is -0.356 e. The van der Waals surface area contributed by atoms with Crippen LogP contribution in [0.2, 0.25) is 5.02 Å². The summed E-state index contributed by atoms with van der Waals surface area (Å²) >= 11 is 5.90. The number of guanidine groups is 1. The van der Waals surface area contributed by atoms with Crippen LogP contribution in [0.3, 0.4) is 0 Å². The fourth-order valence-corrected chi connectivity index (χ4v) is 3.12. The minimum atomic E-state index is 0. The van der Waals surface area contributed by atoms with Crippen LogP contribution >= 0.6 is 35.6 Å². The Labute approximate surface area is 176 Å². The van der Waals surface area contributed by atoms with Gasteiger partial charge in [0.25, 0.3) is 0 Å². The molecule has 0 atom stereocenters. The largest absolute Gasteiger partial charge is 0.356 e. The molecule has 26 heavy (non-hydrogen) atoms. The van der Waals surface area contributed by atoms with Crippen molar-refractivity contribution < 1.29 is 4.52 Å². The lowest BCUT2D eigenvalue weighted by Crippen LogP contribution is -2.44. The second kappa shape index (κ2) is 10.7. The normalized spacial score (nSPS) is 15.4. The number of halogens is 2. The van der Waals surface area contributed by atoms with Crippen molar-refractivity contribution in [2.45, 2.75) is 44.6 Å². The Morgan fingerprint density at radius 2 is 1.96 bits per heavy atom. The second-order valence-corrected chi connectivity index (χ2v) is 6.68. The van der Waals surface area contributed by atoms with E-state index in [9.17, 15) is 0 Å². The number of rotatable bonds is 5. The van der Waals surface area contributed by atoms with Crippen LogP contribution in [-0.2, 0) is 6.42 Å². The van der Waals surface area contributed by atoms with Gasteiger partial charge in [-0.15, -0.1) is 24.0 Å². The molecule has 0 radical (unpaired) electrons. The Hall–Kier alpha value is -1.35. The zero-order valence-corrected chi connectivity index (χ0v) is 18.0. The van der Waals surface area contributed by atoms with Crippen molar-refractivity contribution >= 4 is 41.5 Å². The Morgan fingerprint density at radius 3 is 2.65 bits per heavy atom. The topological polar surface area (TPSA) is 75.3 Å². The molecule has 0 amide bonds. The van der Waals surface area contributed by atoms with E-state index in [2.05, 4.69) is 25.8 Å². The molecule has 0 aliphatic heterocycles. The van der Waals surface area contributed by atoms with E-state index in [4.69, 9.17) is 16.1 Å². The fraction of sp³-hybridized carbons (Fsp3) is 0.500. The van der Waals surface area contributed by atoms with Gasteiger partial charge in [-0.25, -0.2) is 0 Å². The summed E-state index contributed by atoms with van der Waals surface area (Å²) in [5.41, 5.74) is 0.891. The summed E-state index contributed by atoms with van der Waals surface area (Å²) in [6, 6.07) is 7.92. The molecule has 6 nitrogen and oxygen atoms in total. The number of nitrogens with zero attached hydrogens (tertiary/aromatic N) is 3. The van der Waals surface area contributed by atoms with Crippen LogP contribution in [0.25, 0.3) is 11.4 Å². The van der Waals surface area contributed by atoms with E-state index in [-0.39, 0.29) is 24.0 Å². The lowest BCUT2D eigenvalue weighted by atomic mass is 9.96. The van der Waals surface area contributed by atoms with Gasteiger partial charge in [0.15, 0.2) is 5.96 Å². The van der Waals surface area contributed by atoms with Crippen molar-refractivity contribution in [3.8, 4) is 11.4 Å². The lowest BCUT2D eigenvalue weighted by Gasteiger charge is -2.24. The molecule has 142 valence electrons. The number of aliphatic imine (C=N–C) groups is 1. The quantitative estimate of drug-likeness (QED) is 0.376. The number of hydrogen-bond acceptors (Lipinski definition) is 4. The average molecular weight is 490 g/mol. The van der Waals surface area contributed by atoms with E-state index < -0.39 is 0 Å². The molecule has 1 fully saturated rings. The Bertz CT molecular complexity index is 698. The fourth-order valence-electron chi connectivity index (χ4n) is 3.00. The van der Waals surface area contributed by atoms with E-state index in [0.29, 0.717) is 35.7 Å². The molecule has 1 heterocycles. The summed E-state index contributed by atoms with van der Waals surface area (Å²) in [7, 11) is 1.80. The minimum absolute atomic E-state index is 0. The van der Waals surface area contributed by atoms with E-state index in [1.54, 1.807) is 7.05 Å². The summed E-state index contributed by atoms with van der Waals surface area (Å²) in [5, 5.41) is 11.5. The third-order valence-electron chi connectivity index (χ3n) is 4.37. The Kier molecular flexibility index (Phi) is 8.64. The monoisotopic (exact) mass is 489 g/mol. The van der Waals surface area contributed by atoms with Crippen molar-refractivity contribution in [1.82, 2.24) is 20.8 Å².